The van der Waals surface area contributed by atoms with Crippen molar-refractivity contribution in [1.29, 1.82) is 0 Å². The van der Waals surface area contributed by atoms with E-state index in [1.54, 1.807) is 12.1 Å². The molecule has 1 aliphatic rings. The van der Waals surface area contributed by atoms with Gasteiger partial charge in [-0.25, -0.2) is 8.42 Å². The second-order valence-electron chi connectivity index (χ2n) is 5.37. The lowest BCUT2D eigenvalue weighted by Crippen LogP contribution is -2.48. The Morgan fingerprint density at radius 3 is 2.52 bits per heavy atom. The number of ether oxygens (including phenoxy) is 1. The van der Waals surface area contributed by atoms with Gasteiger partial charge < -0.3 is 10.1 Å². The highest BCUT2D eigenvalue weighted by Gasteiger charge is 2.33. The van der Waals surface area contributed by atoms with E-state index in [1.807, 2.05) is 27.0 Å². The van der Waals surface area contributed by atoms with Crippen LogP contribution in [0, 0.1) is 0 Å². The van der Waals surface area contributed by atoms with Crippen LogP contribution in [0.3, 0.4) is 0 Å². The summed E-state index contributed by atoms with van der Waals surface area (Å²) in [5.74, 6) is 0. The highest BCUT2D eigenvalue weighted by atomic mass is 35.5. The molecule has 0 bridgehead atoms. The smallest absolute Gasteiger partial charge is 0.244 e. The lowest BCUT2D eigenvalue weighted by Gasteiger charge is -2.34. The second-order valence-corrected chi connectivity index (χ2v) is 7.69. The van der Waals surface area contributed by atoms with Crippen LogP contribution in [0.15, 0.2) is 23.1 Å². The van der Waals surface area contributed by atoms with Gasteiger partial charge in [0.25, 0.3) is 0 Å². The minimum Gasteiger partial charge on any atom is -0.373 e. The molecule has 21 heavy (non-hydrogen) atoms. The Morgan fingerprint density at radius 1 is 1.33 bits per heavy atom. The molecule has 1 fully saturated rings. The molecule has 0 amide bonds. The molecular formula is C14H21ClN2O3S. The molecule has 0 aromatic heterocycles. The number of rotatable bonds is 4. The molecule has 1 aliphatic heterocycles. The maximum absolute atomic E-state index is 12.8. The predicted octanol–water partition coefficient (Wildman–Crippen LogP) is 1.86. The lowest BCUT2D eigenvalue weighted by molar-refractivity contribution is -0.0440. The van der Waals surface area contributed by atoms with Crippen LogP contribution in [0.25, 0.3) is 0 Å². The van der Waals surface area contributed by atoms with Crippen molar-refractivity contribution in [2.24, 2.45) is 0 Å². The molecule has 2 rings (SSSR count). The number of halogens is 1. The van der Waals surface area contributed by atoms with Crippen LogP contribution in [-0.2, 0) is 21.3 Å². The highest BCUT2D eigenvalue weighted by molar-refractivity contribution is 7.89. The normalized spacial score (nSPS) is 24.2. The number of hydrogen-bond donors (Lipinski definition) is 1. The third-order valence-electron chi connectivity index (χ3n) is 3.38. The zero-order chi connectivity index (χ0) is 15.6. The van der Waals surface area contributed by atoms with Crippen LogP contribution in [0.5, 0.6) is 0 Å². The van der Waals surface area contributed by atoms with Crippen LogP contribution < -0.4 is 5.32 Å². The van der Waals surface area contributed by atoms with Crippen LogP contribution in [-0.4, -0.2) is 45.1 Å². The Hall–Kier alpha value is -0.660. The number of sulfonamides is 1. The number of hydrogen-bond acceptors (Lipinski definition) is 4. The zero-order valence-corrected chi connectivity index (χ0v) is 14.0. The quantitative estimate of drug-likeness (QED) is 0.914. The first-order chi connectivity index (χ1) is 9.84. The molecule has 1 heterocycles. The summed E-state index contributed by atoms with van der Waals surface area (Å²) in [7, 11) is -1.79. The fourth-order valence-corrected chi connectivity index (χ4v) is 4.64. The van der Waals surface area contributed by atoms with Gasteiger partial charge in [-0.2, -0.15) is 4.31 Å². The van der Waals surface area contributed by atoms with Crippen molar-refractivity contribution >= 4 is 21.6 Å². The van der Waals surface area contributed by atoms with Crippen molar-refractivity contribution in [2.75, 3.05) is 20.1 Å². The first-order valence-electron chi connectivity index (χ1n) is 6.93. The average molecular weight is 333 g/mol. The summed E-state index contributed by atoms with van der Waals surface area (Å²) in [5, 5.41) is 3.26. The van der Waals surface area contributed by atoms with Crippen molar-refractivity contribution in [3.05, 3.63) is 28.8 Å². The van der Waals surface area contributed by atoms with Gasteiger partial charge in [0, 0.05) is 19.6 Å². The Labute approximate surface area is 131 Å². The SMILES string of the molecule is CNCc1ccc(Cl)c(S(=O)(=O)N2C[C@@H](C)O[C@@H](C)C2)c1. The van der Waals surface area contributed by atoms with Crippen LogP contribution in [0.1, 0.15) is 19.4 Å². The fourth-order valence-electron chi connectivity index (χ4n) is 2.53. The van der Waals surface area contributed by atoms with Crippen molar-refractivity contribution in [2.45, 2.75) is 37.5 Å². The Kier molecular flexibility index (Phi) is 5.27. The van der Waals surface area contributed by atoms with Gasteiger partial charge in [0.05, 0.1) is 17.2 Å². The van der Waals surface area contributed by atoms with Crippen molar-refractivity contribution in [1.82, 2.24) is 9.62 Å². The standard InChI is InChI=1S/C14H21ClN2O3S/c1-10-8-17(9-11(2)20-10)21(18,19)14-6-12(7-16-3)4-5-13(14)15/h4-6,10-11,16H,7-9H2,1-3H3/t10-,11+. The van der Waals surface area contributed by atoms with Gasteiger partial charge in [-0.05, 0) is 38.6 Å². The first kappa shape index (κ1) is 16.7. The van der Waals surface area contributed by atoms with Gasteiger partial charge in [-0.15, -0.1) is 0 Å². The number of nitrogens with zero attached hydrogens (tertiary/aromatic N) is 1. The van der Waals surface area contributed by atoms with Crippen LogP contribution in [0.2, 0.25) is 5.02 Å². The van der Waals surface area contributed by atoms with E-state index in [-0.39, 0.29) is 22.1 Å². The number of morpholine rings is 1. The molecule has 7 heteroatoms. The third-order valence-corrected chi connectivity index (χ3v) is 5.69. The molecule has 1 N–H and O–H groups in total. The largest absolute Gasteiger partial charge is 0.373 e. The molecule has 0 unspecified atom stereocenters. The molecule has 118 valence electrons. The van der Waals surface area contributed by atoms with E-state index in [1.165, 1.54) is 4.31 Å². The molecule has 1 saturated heterocycles. The van der Waals surface area contributed by atoms with Crippen molar-refractivity contribution < 1.29 is 13.2 Å². The maximum Gasteiger partial charge on any atom is 0.244 e. The minimum atomic E-state index is -3.61. The van der Waals surface area contributed by atoms with E-state index in [4.69, 9.17) is 16.3 Å². The second kappa shape index (κ2) is 6.62. The van der Waals surface area contributed by atoms with E-state index < -0.39 is 10.0 Å². The molecular weight excluding hydrogens is 312 g/mol. The molecule has 0 aliphatic carbocycles. The topological polar surface area (TPSA) is 58.6 Å². The molecule has 2 atom stereocenters. The zero-order valence-electron chi connectivity index (χ0n) is 12.5. The van der Waals surface area contributed by atoms with E-state index >= 15 is 0 Å². The molecule has 0 radical (unpaired) electrons. The van der Waals surface area contributed by atoms with Gasteiger partial charge in [0.2, 0.25) is 10.0 Å². The summed E-state index contributed by atoms with van der Waals surface area (Å²) >= 11 is 6.12. The van der Waals surface area contributed by atoms with Crippen molar-refractivity contribution in [3.8, 4) is 0 Å². The Bertz CT molecular complexity index is 596. The van der Waals surface area contributed by atoms with Gasteiger partial charge in [-0.1, -0.05) is 17.7 Å². The van der Waals surface area contributed by atoms with Crippen LogP contribution >= 0.6 is 11.6 Å². The summed E-state index contributed by atoms with van der Waals surface area (Å²) in [4.78, 5) is 0.165. The van der Waals surface area contributed by atoms with Gasteiger partial charge in [0.1, 0.15) is 4.90 Å². The summed E-state index contributed by atoms with van der Waals surface area (Å²) in [6.45, 7) is 5.03. The molecule has 5 nitrogen and oxygen atoms in total. The summed E-state index contributed by atoms with van der Waals surface area (Å²) in [6, 6.07) is 5.09. The van der Waals surface area contributed by atoms with Gasteiger partial charge in [0.15, 0.2) is 0 Å². The maximum atomic E-state index is 12.8. The molecule has 0 saturated carbocycles. The molecule has 1 aromatic carbocycles. The average Bonchev–Trinajstić information content (AvgIpc) is 2.40. The Morgan fingerprint density at radius 2 is 1.95 bits per heavy atom. The Balaban J connectivity index is 2.36. The van der Waals surface area contributed by atoms with Gasteiger partial charge in [-0.3, -0.25) is 0 Å². The molecule has 1 aromatic rings. The lowest BCUT2D eigenvalue weighted by atomic mass is 10.2. The van der Waals surface area contributed by atoms with E-state index in [9.17, 15) is 8.42 Å². The summed E-state index contributed by atoms with van der Waals surface area (Å²) in [6.07, 6.45) is -0.245. The minimum absolute atomic E-state index is 0.122. The monoisotopic (exact) mass is 332 g/mol. The van der Waals surface area contributed by atoms with E-state index in [0.29, 0.717) is 19.6 Å². The van der Waals surface area contributed by atoms with Gasteiger partial charge >= 0.3 is 0 Å². The van der Waals surface area contributed by atoms with Crippen LogP contribution in [0.4, 0.5) is 0 Å². The number of nitrogens with one attached hydrogen (secondary N) is 1. The summed E-state index contributed by atoms with van der Waals surface area (Å²) < 4.78 is 32.7. The van der Waals surface area contributed by atoms with Crippen molar-refractivity contribution in [3.63, 3.8) is 0 Å². The van der Waals surface area contributed by atoms with E-state index in [2.05, 4.69) is 5.32 Å². The fraction of sp³-hybridized carbons (Fsp3) is 0.571. The first-order valence-corrected chi connectivity index (χ1v) is 8.75. The molecule has 0 spiro atoms. The summed E-state index contributed by atoms with van der Waals surface area (Å²) in [5.41, 5.74) is 0.884. The predicted molar refractivity (Wildman–Crippen MR) is 83.0 cm³/mol. The third kappa shape index (κ3) is 3.76. The number of benzene rings is 1. The highest BCUT2D eigenvalue weighted by Crippen LogP contribution is 2.28. The van der Waals surface area contributed by atoms with E-state index in [0.717, 1.165) is 5.56 Å².